The zero-order valence-corrected chi connectivity index (χ0v) is 11.4. The van der Waals surface area contributed by atoms with Crippen molar-refractivity contribution in [1.82, 2.24) is 15.3 Å². The number of rotatable bonds is 4. The summed E-state index contributed by atoms with van der Waals surface area (Å²) in [7, 11) is 1.51. The first kappa shape index (κ1) is 13.8. The van der Waals surface area contributed by atoms with Gasteiger partial charge in [0.1, 0.15) is 5.75 Å². The Labute approximate surface area is 117 Å². The summed E-state index contributed by atoms with van der Waals surface area (Å²) in [6.45, 7) is 2.15. The lowest BCUT2D eigenvalue weighted by Gasteiger charge is -2.09. The van der Waals surface area contributed by atoms with Crippen molar-refractivity contribution in [2.75, 3.05) is 12.8 Å². The molecule has 1 amide bonds. The first-order chi connectivity index (χ1) is 9.60. The van der Waals surface area contributed by atoms with E-state index >= 15 is 0 Å². The van der Waals surface area contributed by atoms with Gasteiger partial charge in [0.15, 0.2) is 0 Å². The monoisotopic (exact) mass is 272 g/mol. The molecule has 6 heteroatoms. The summed E-state index contributed by atoms with van der Waals surface area (Å²) in [5.74, 6) is 0.211. The van der Waals surface area contributed by atoms with Gasteiger partial charge in [0.2, 0.25) is 0 Å². The smallest absolute Gasteiger partial charge is 0.255 e. The Bertz CT molecular complexity index is 611. The van der Waals surface area contributed by atoms with Gasteiger partial charge in [0.25, 0.3) is 5.91 Å². The zero-order valence-electron chi connectivity index (χ0n) is 11.4. The standard InChI is InChI=1S/C14H16N4O2/c1-9-6-17-11(7-16-9)8-18-14(19)12-5-10(15)3-4-13(12)20-2/h3-7H,8,15H2,1-2H3,(H,18,19). The third-order valence-corrected chi connectivity index (χ3v) is 2.73. The van der Waals surface area contributed by atoms with Crippen LogP contribution in [0.5, 0.6) is 5.75 Å². The molecule has 0 aliphatic heterocycles. The molecule has 1 heterocycles. The second kappa shape index (κ2) is 6.01. The molecule has 0 saturated carbocycles. The third kappa shape index (κ3) is 3.23. The Morgan fingerprint density at radius 1 is 1.35 bits per heavy atom. The Kier molecular flexibility index (Phi) is 4.14. The van der Waals surface area contributed by atoms with Crippen LogP contribution < -0.4 is 15.8 Å². The fraction of sp³-hybridized carbons (Fsp3) is 0.214. The molecule has 6 nitrogen and oxygen atoms in total. The van der Waals surface area contributed by atoms with E-state index in [0.717, 1.165) is 5.69 Å². The van der Waals surface area contributed by atoms with Crippen LogP contribution in [-0.4, -0.2) is 23.0 Å². The van der Waals surface area contributed by atoms with Crippen molar-refractivity contribution in [3.63, 3.8) is 0 Å². The van der Waals surface area contributed by atoms with E-state index in [1.807, 2.05) is 6.92 Å². The fourth-order valence-corrected chi connectivity index (χ4v) is 1.68. The molecule has 20 heavy (non-hydrogen) atoms. The summed E-state index contributed by atoms with van der Waals surface area (Å²) >= 11 is 0. The first-order valence-corrected chi connectivity index (χ1v) is 6.09. The molecule has 0 unspecified atom stereocenters. The maximum absolute atomic E-state index is 12.1. The van der Waals surface area contributed by atoms with Crippen LogP contribution in [0.25, 0.3) is 0 Å². The summed E-state index contributed by atoms with van der Waals surface area (Å²) in [5.41, 5.74) is 8.11. The minimum atomic E-state index is -0.267. The first-order valence-electron chi connectivity index (χ1n) is 6.09. The number of carbonyl (C=O) groups is 1. The van der Waals surface area contributed by atoms with E-state index in [1.165, 1.54) is 7.11 Å². The van der Waals surface area contributed by atoms with Crippen LogP contribution in [0.1, 0.15) is 21.7 Å². The van der Waals surface area contributed by atoms with E-state index in [9.17, 15) is 4.79 Å². The number of carbonyl (C=O) groups excluding carboxylic acids is 1. The van der Waals surface area contributed by atoms with Crippen LogP contribution in [0.4, 0.5) is 5.69 Å². The van der Waals surface area contributed by atoms with E-state index < -0.39 is 0 Å². The predicted octanol–water partition coefficient (Wildman–Crippen LogP) is 1.31. The normalized spacial score (nSPS) is 10.1. The highest BCUT2D eigenvalue weighted by molar-refractivity contribution is 5.97. The van der Waals surface area contributed by atoms with Crippen molar-refractivity contribution in [2.24, 2.45) is 0 Å². The van der Waals surface area contributed by atoms with Gasteiger partial charge in [-0.15, -0.1) is 0 Å². The van der Waals surface area contributed by atoms with Crippen molar-refractivity contribution in [3.05, 3.63) is 47.5 Å². The number of nitrogens with zero attached hydrogens (tertiary/aromatic N) is 2. The van der Waals surface area contributed by atoms with Crippen molar-refractivity contribution in [3.8, 4) is 5.75 Å². The van der Waals surface area contributed by atoms with Gasteiger partial charge < -0.3 is 15.8 Å². The quantitative estimate of drug-likeness (QED) is 0.819. The van der Waals surface area contributed by atoms with Crippen LogP contribution in [0, 0.1) is 6.92 Å². The van der Waals surface area contributed by atoms with Gasteiger partial charge in [-0.3, -0.25) is 14.8 Å². The number of hydrogen-bond acceptors (Lipinski definition) is 5. The highest BCUT2D eigenvalue weighted by atomic mass is 16.5. The SMILES string of the molecule is COc1ccc(N)cc1C(=O)NCc1cnc(C)cn1. The van der Waals surface area contributed by atoms with E-state index in [2.05, 4.69) is 15.3 Å². The topological polar surface area (TPSA) is 90.1 Å². The summed E-state index contributed by atoms with van der Waals surface area (Å²) in [6.07, 6.45) is 3.29. The van der Waals surface area contributed by atoms with Gasteiger partial charge in [-0.05, 0) is 25.1 Å². The molecule has 0 fully saturated rings. The van der Waals surface area contributed by atoms with Crippen molar-refractivity contribution in [1.29, 1.82) is 0 Å². The van der Waals surface area contributed by atoms with E-state index in [4.69, 9.17) is 10.5 Å². The van der Waals surface area contributed by atoms with Crippen LogP contribution in [0.15, 0.2) is 30.6 Å². The molecule has 0 spiro atoms. The number of nitrogen functional groups attached to an aromatic ring is 1. The summed E-state index contributed by atoms with van der Waals surface area (Å²) in [6, 6.07) is 4.92. The molecule has 1 aromatic heterocycles. The number of anilines is 1. The van der Waals surface area contributed by atoms with Gasteiger partial charge in [0, 0.05) is 11.9 Å². The molecule has 104 valence electrons. The maximum Gasteiger partial charge on any atom is 0.255 e. The average Bonchev–Trinajstić information content (AvgIpc) is 2.46. The lowest BCUT2D eigenvalue weighted by Crippen LogP contribution is -2.24. The molecule has 0 saturated heterocycles. The molecule has 0 bridgehead atoms. The third-order valence-electron chi connectivity index (χ3n) is 2.73. The Balaban J connectivity index is 2.08. The Hall–Kier alpha value is -2.63. The summed E-state index contributed by atoms with van der Waals surface area (Å²) in [5, 5.41) is 2.76. The number of hydrogen-bond donors (Lipinski definition) is 2. The number of nitrogens with one attached hydrogen (secondary N) is 1. The predicted molar refractivity (Wildman–Crippen MR) is 75.3 cm³/mol. The molecule has 2 aromatic rings. The maximum atomic E-state index is 12.1. The minimum absolute atomic E-state index is 0.267. The number of amides is 1. The van der Waals surface area contributed by atoms with Crippen LogP contribution in [0.3, 0.4) is 0 Å². The molecule has 0 aliphatic rings. The number of aryl methyl sites for hydroxylation is 1. The molecule has 0 aliphatic carbocycles. The van der Waals surface area contributed by atoms with Crippen molar-refractivity contribution >= 4 is 11.6 Å². The minimum Gasteiger partial charge on any atom is -0.496 e. The number of ether oxygens (including phenoxy) is 1. The van der Waals surface area contributed by atoms with Crippen LogP contribution >= 0.6 is 0 Å². The molecule has 3 N–H and O–H groups in total. The molecular weight excluding hydrogens is 256 g/mol. The van der Waals surface area contributed by atoms with Gasteiger partial charge >= 0.3 is 0 Å². The number of aromatic nitrogens is 2. The Morgan fingerprint density at radius 3 is 2.80 bits per heavy atom. The van der Waals surface area contributed by atoms with E-state index in [-0.39, 0.29) is 5.91 Å². The summed E-state index contributed by atoms with van der Waals surface area (Å²) < 4.78 is 5.14. The zero-order chi connectivity index (χ0) is 14.5. The van der Waals surface area contributed by atoms with Crippen LogP contribution in [-0.2, 0) is 6.54 Å². The number of methoxy groups -OCH3 is 1. The van der Waals surface area contributed by atoms with E-state index in [0.29, 0.717) is 29.2 Å². The highest BCUT2D eigenvalue weighted by Crippen LogP contribution is 2.20. The molecule has 2 rings (SSSR count). The second-order valence-corrected chi connectivity index (χ2v) is 4.29. The number of benzene rings is 1. The average molecular weight is 272 g/mol. The van der Waals surface area contributed by atoms with Gasteiger partial charge in [0.05, 0.1) is 36.8 Å². The lowest BCUT2D eigenvalue weighted by molar-refractivity contribution is 0.0947. The van der Waals surface area contributed by atoms with E-state index in [1.54, 1.807) is 30.6 Å². The molecular formula is C14H16N4O2. The Morgan fingerprint density at radius 2 is 2.15 bits per heavy atom. The molecule has 0 atom stereocenters. The van der Waals surface area contributed by atoms with Gasteiger partial charge in [-0.25, -0.2) is 0 Å². The largest absolute Gasteiger partial charge is 0.496 e. The van der Waals surface area contributed by atoms with Crippen LogP contribution in [0.2, 0.25) is 0 Å². The highest BCUT2D eigenvalue weighted by Gasteiger charge is 2.12. The van der Waals surface area contributed by atoms with Gasteiger partial charge in [-0.1, -0.05) is 0 Å². The second-order valence-electron chi connectivity index (χ2n) is 4.29. The molecule has 0 radical (unpaired) electrons. The van der Waals surface area contributed by atoms with Crippen molar-refractivity contribution < 1.29 is 9.53 Å². The molecule has 1 aromatic carbocycles. The van der Waals surface area contributed by atoms with Crippen molar-refractivity contribution in [2.45, 2.75) is 13.5 Å². The van der Waals surface area contributed by atoms with Gasteiger partial charge in [-0.2, -0.15) is 0 Å². The lowest BCUT2D eigenvalue weighted by atomic mass is 10.1. The summed E-state index contributed by atoms with van der Waals surface area (Å²) in [4.78, 5) is 20.4. The fourth-order valence-electron chi connectivity index (χ4n) is 1.68. The number of nitrogens with two attached hydrogens (primary N) is 1.